The molecule has 0 fully saturated rings. The van der Waals surface area contributed by atoms with Crippen molar-refractivity contribution in [1.82, 2.24) is 10.4 Å². The van der Waals surface area contributed by atoms with E-state index in [-0.39, 0.29) is 5.91 Å². The molecule has 0 spiro atoms. The molecule has 0 aliphatic carbocycles. The maximum atomic E-state index is 12.5. The molecular formula is C17H15BrN4O. The van der Waals surface area contributed by atoms with Crippen LogP contribution in [0.2, 0.25) is 0 Å². The molecule has 2 aliphatic heterocycles. The fourth-order valence-electron chi connectivity index (χ4n) is 2.79. The summed E-state index contributed by atoms with van der Waals surface area (Å²) < 4.78 is 0.930. The van der Waals surface area contributed by atoms with Crippen LogP contribution in [0.1, 0.15) is 5.56 Å². The predicted molar refractivity (Wildman–Crippen MR) is 93.4 cm³/mol. The number of rotatable bonds is 2. The van der Waals surface area contributed by atoms with E-state index in [1.807, 2.05) is 41.4 Å². The number of hydrazine groups is 1. The zero-order valence-electron chi connectivity index (χ0n) is 12.3. The van der Waals surface area contributed by atoms with Crippen LogP contribution in [0.3, 0.4) is 0 Å². The average Bonchev–Trinajstić information content (AvgIpc) is 2.87. The van der Waals surface area contributed by atoms with Gasteiger partial charge in [0.2, 0.25) is 0 Å². The van der Waals surface area contributed by atoms with Crippen molar-refractivity contribution in [1.29, 1.82) is 0 Å². The molecule has 5 nitrogen and oxygen atoms in total. The van der Waals surface area contributed by atoms with Gasteiger partial charge in [0.15, 0.2) is 0 Å². The molecule has 6 heteroatoms. The number of hydrogen-bond donors (Lipinski definition) is 3. The van der Waals surface area contributed by atoms with Gasteiger partial charge in [-0.3, -0.25) is 9.80 Å². The van der Waals surface area contributed by atoms with E-state index in [0.29, 0.717) is 18.7 Å². The first kappa shape index (κ1) is 14.3. The van der Waals surface area contributed by atoms with Gasteiger partial charge in [-0.25, -0.2) is 5.43 Å². The van der Waals surface area contributed by atoms with E-state index in [4.69, 9.17) is 0 Å². The summed E-state index contributed by atoms with van der Waals surface area (Å²) in [5.74, 6) is 0.736. The number of hydrogen-bond acceptors (Lipinski definition) is 4. The summed E-state index contributed by atoms with van der Waals surface area (Å²) in [6, 6.07) is 16.0. The summed E-state index contributed by atoms with van der Waals surface area (Å²) >= 11 is 3.44. The minimum atomic E-state index is -0.0765. The van der Waals surface area contributed by atoms with E-state index in [0.717, 1.165) is 21.7 Å². The van der Waals surface area contributed by atoms with Crippen LogP contribution in [0.4, 0.5) is 11.4 Å². The van der Waals surface area contributed by atoms with Crippen LogP contribution in [0.25, 0.3) is 0 Å². The lowest BCUT2D eigenvalue weighted by Crippen LogP contribution is -2.33. The molecule has 2 aliphatic rings. The Labute approximate surface area is 142 Å². The number of carbonyl (C=O) groups is 1. The van der Waals surface area contributed by atoms with E-state index < -0.39 is 0 Å². The molecule has 0 radical (unpaired) electrons. The van der Waals surface area contributed by atoms with Crippen LogP contribution < -0.4 is 16.1 Å². The number of nitrogens with one attached hydrogen (secondary N) is 3. The van der Waals surface area contributed by atoms with Gasteiger partial charge in [0, 0.05) is 11.0 Å². The maximum Gasteiger partial charge on any atom is 0.256 e. The van der Waals surface area contributed by atoms with Crippen LogP contribution in [0.5, 0.6) is 0 Å². The van der Waals surface area contributed by atoms with Crippen LogP contribution in [-0.4, -0.2) is 17.5 Å². The van der Waals surface area contributed by atoms with Crippen molar-refractivity contribution in [3.63, 3.8) is 0 Å². The molecule has 23 heavy (non-hydrogen) atoms. The smallest absolute Gasteiger partial charge is 0.256 e. The van der Waals surface area contributed by atoms with Gasteiger partial charge >= 0.3 is 0 Å². The quantitative estimate of drug-likeness (QED) is 0.760. The van der Waals surface area contributed by atoms with Gasteiger partial charge in [0.25, 0.3) is 5.91 Å². The summed E-state index contributed by atoms with van der Waals surface area (Å²) in [5.41, 5.74) is 6.83. The Morgan fingerprint density at radius 1 is 1.04 bits per heavy atom. The predicted octanol–water partition coefficient (Wildman–Crippen LogP) is 3.05. The Balaban J connectivity index is 1.67. The first-order valence-electron chi connectivity index (χ1n) is 7.37. The molecule has 1 amide bonds. The summed E-state index contributed by atoms with van der Waals surface area (Å²) in [7, 11) is 0. The number of benzene rings is 2. The highest BCUT2D eigenvalue weighted by molar-refractivity contribution is 9.10. The highest BCUT2D eigenvalue weighted by Gasteiger charge is 2.30. The summed E-state index contributed by atoms with van der Waals surface area (Å²) in [4.78, 5) is 12.5. The Kier molecular flexibility index (Phi) is 3.55. The monoisotopic (exact) mass is 370 g/mol. The number of nitrogens with zero attached hydrogens (tertiary/aromatic N) is 1. The van der Waals surface area contributed by atoms with Crippen LogP contribution >= 0.6 is 15.9 Å². The molecule has 2 aromatic carbocycles. The van der Waals surface area contributed by atoms with Gasteiger partial charge in [-0.05, 0) is 23.8 Å². The zero-order valence-corrected chi connectivity index (χ0v) is 13.9. The molecular weight excluding hydrogens is 356 g/mol. The minimum absolute atomic E-state index is 0.0765. The van der Waals surface area contributed by atoms with Crippen molar-refractivity contribution in [2.45, 2.75) is 6.54 Å². The van der Waals surface area contributed by atoms with Crippen LogP contribution in [0.15, 0.2) is 64.4 Å². The van der Waals surface area contributed by atoms with Gasteiger partial charge in [0.05, 0.1) is 23.5 Å². The largest absolute Gasteiger partial charge is 0.339 e. The van der Waals surface area contributed by atoms with Crippen molar-refractivity contribution < 1.29 is 4.79 Å². The highest BCUT2D eigenvalue weighted by atomic mass is 79.9. The van der Waals surface area contributed by atoms with Gasteiger partial charge in [-0.15, -0.1) is 0 Å². The maximum absolute atomic E-state index is 12.5. The molecule has 0 aromatic heterocycles. The number of halogens is 1. The van der Waals surface area contributed by atoms with Crippen molar-refractivity contribution >= 4 is 33.2 Å². The first-order chi connectivity index (χ1) is 11.2. The lowest BCUT2D eigenvalue weighted by Gasteiger charge is -2.23. The molecule has 2 heterocycles. The number of fused-ring (bicyclic) bond motifs is 1. The Bertz CT molecular complexity index is 803. The number of anilines is 2. The Hall–Kier alpha value is -2.31. The molecule has 0 saturated carbocycles. The van der Waals surface area contributed by atoms with Gasteiger partial charge in [0.1, 0.15) is 5.82 Å². The van der Waals surface area contributed by atoms with Crippen molar-refractivity contribution in [3.05, 3.63) is 70.0 Å². The van der Waals surface area contributed by atoms with Crippen molar-refractivity contribution in [3.8, 4) is 0 Å². The van der Waals surface area contributed by atoms with E-state index in [1.165, 1.54) is 5.56 Å². The lowest BCUT2D eigenvalue weighted by atomic mass is 10.2. The molecule has 4 rings (SSSR count). The zero-order chi connectivity index (χ0) is 15.8. The van der Waals surface area contributed by atoms with Crippen molar-refractivity contribution in [2.75, 3.05) is 17.2 Å². The second-order valence-corrected chi connectivity index (χ2v) is 6.42. The summed E-state index contributed by atoms with van der Waals surface area (Å²) in [6.45, 7) is 1.20. The van der Waals surface area contributed by atoms with E-state index in [1.54, 1.807) is 0 Å². The second kappa shape index (κ2) is 5.72. The van der Waals surface area contributed by atoms with Gasteiger partial charge in [-0.1, -0.05) is 46.3 Å². The normalized spacial score (nSPS) is 16.4. The topological polar surface area (TPSA) is 56.4 Å². The number of carbonyl (C=O) groups excluding carboxylic acids is 1. The standard InChI is InChI=1S/C17H15BrN4O/c18-12-6-7-14-15(8-12)21-17(23)13-9-19-22(16(13)20-14)10-11-4-2-1-3-5-11/h1-8,19-20H,9-10H2,(H,21,23). The van der Waals surface area contributed by atoms with Gasteiger partial charge < -0.3 is 10.6 Å². The highest BCUT2D eigenvalue weighted by Crippen LogP contribution is 2.32. The molecule has 0 saturated heterocycles. The molecule has 0 atom stereocenters. The molecule has 0 unspecified atom stereocenters. The SMILES string of the molecule is O=C1Nc2cc(Br)ccc2NC2=C1CNN2Cc1ccccc1. The first-order valence-corrected chi connectivity index (χ1v) is 8.16. The Morgan fingerprint density at radius 2 is 1.87 bits per heavy atom. The van der Waals surface area contributed by atoms with Gasteiger partial charge in [-0.2, -0.15) is 0 Å². The summed E-state index contributed by atoms with van der Waals surface area (Å²) in [6.07, 6.45) is 0. The average molecular weight is 371 g/mol. The van der Waals surface area contributed by atoms with E-state index in [2.05, 4.69) is 44.1 Å². The fraction of sp³-hybridized carbons (Fsp3) is 0.118. The lowest BCUT2D eigenvalue weighted by molar-refractivity contribution is -0.112. The molecule has 2 aromatic rings. The summed E-state index contributed by atoms with van der Waals surface area (Å²) in [5, 5.41) is 8.34. The van der Waals surface area contributed by atoms with E-state index in [9.17, 15) is 4.79 Å². The molecule has 116 valence electrons. The second-order valence-electron chi connectivity index (χ2n) is 5.50. The molecule has 0 bridgehead atoms. The Morgan fingerprint density at radius 3 is 2.70 bits per heavy atom. The molecule has 3 N–H and O–H groups in total. The van der Waals surface area contributed by atoms with Crippen LogP contribution in [-0.2, 0) is 11.3 Å². The fourth-order valence-corrected chi connectivity index (χ4v) is 3.15. The van der Waals surface area contributed by atoms with Crippen LogP contribution in [0, 0.1) is 0 Å². The van der Waals surface area contributed by atoms with Crippen molar-refractivity contribution in [2.24, 2.45) is 0 Å². The third kappa shape index (κ3) is 2.71. The minimum Gasteiger partial charge on any atom is -0.339 e. The third-order valence-corrected chi connectivity index (χ3v) is 4.44. The van der Waals surface area contributed by atoms with E-state index >= 15 is 0 Å². The third-order valence-electron chi connectivity index (χ3n) is 3.94. The number of amides is 1.